The lowest BCUT2D eigenvalue weighted by Crippen LogP contribution is -2.14. The highest BCUT2D eigenvalue weighted by atomic mass is 35.5. The maximum Gasteiger partial charge on any atom is 0.416 e. The third-order valence-electron chi connectivity index (χ3n) is 5.80. The van der Waals surface area contributed by atoms with Crippen molar-refractivity contribution in [3.63, 3.8) is 0 Å². The summed E-state index contributed by atoms with van der Waals surface area (Å²) in [5.74, 6) is 0.405. The van der Waals surface area contributed by atoms with Crippen LogP contribution in [0.5, 0.6) is 0 Å². The van der Waals surface area contributed by atoms with Crippen LogP contribution in [0.2, 0.25) is 5.02 Å². The minimum atomic E-state index is -4.46. The molecule has 2 heterocycles. The molecule has 1 amide bonds. The molecular formula is C28H21ClF3N5OS2. The maximum absolute atomic E-state index is 13.1. The number of thiazole rings is 1. The van der Waals surface area contributed by atoms with Crippen LogP contribution in [-0.4, -0.2) is 31.4 Å². The number of anilines is 1. The van der Waals surface area contributed by atoms with E-state index >= 15 is 0 Å². The number of carbonyl (C=O) groups excluding carboxylic acids is 1. The van der Waals surface area contributed by atoms with Crippen molar-refractivity contribution in [1.82, 2.24) is 19.7 Å². The second-order valence-corrected chi connectivity index (χ2v) is 11.3. The van der Waals surface area contributed by atoms with Crippen LogP contribution in [0.3, 0.4) is 0 Å². The number of amides is 1. The number of benzene rings is 3. The molecule has 0 saturated heterocycles. The molecule has 0 saturated carbocycles. The van der Waals surface area contributed by atoms with E-state index in [0.717, 1.165) is 28.9 Å². The van der Waals surface area contributed by atoms with Crippen LogP contribution in [0.4, 0.5) is 18.3 Å². The molecule has 1 N–H and O–H groups in total. The monoisotopic (exact) mass is 599 g/mol. The molecule has 0 radical (unpaired) electrons. The first kappa shape index (κ1) is 27.9. The predicted molar refractivity (Wildman–Crippen MR) is 152 cm³/mol. The van der Waals surface area contributed by atoms with E-state index < -0.39 is 11.7 Å². The van der Waals surface area contributed by atoms with Crippen LogP contribution < -0.4 is 5.32 Å². The fourth-order valence-corrected chi connectivity index (χ4v) is 5.73. The quantitative estimate of drug-likeness (QED) is 0.185. The van der Waals surface area contributed by atoms with Gasteiger partial charge in [0.05, 0.1) is 11.3 Å². The van der Waals surface area contributed by atoms with Crippen molar-refractivity contribution in [2.75, 3.05) is 11.1 Å². The molecule has 5 aromatic rings. The summed E-state index contributed by atoms with van der Waals surface area (Å²) in [7, 11) is 0. The van der Waals surface area contributed by atoms with Crippen molar-refractivity contribution in [2.45, 2.75) is 24.7 Å². The van der Waals surface area contributed by atoms with E-state index in [1.807, 2.05) is 66.1 Å². The summed E-state index contributed by atoms with van der Waals surface area (Å²) >= 11 is 8.54. The summed E-state index contributed by atoms with van der Waals surface area (Å²) in [5.41, 5.74) is 2.41. The number of hydrogen-bond donors (Lipinski definition) is 1. The average molecular weight is 600 g/mol. The largest absolute Gasteiger partial charge is 0.416 e. The number of alkyl halides is 3. The van der Waals surface area contributed by atoms with E-state index in [0.29, 0.717) is 26.6 Å². The lowest BCUT2D eigenvalue weighted by Gasteiger charge is -2.11. The first-order chi connectivity index (χ1) is 19.2. The second kappa shape index (κ2) is 11.8. The number of nitrogens with one attached hydrogen (secondary N) is 1. The lowest BCUT2D eigenvalue weighted by atomic mass is 10.1. The van der Waals surface area contributed by atoms with Gasteiger partial charge in [0.1, 0.15) is 0 Å². The van der Waals surface area contributed by atoms with Crippen molar-refractivity contribution >= 4 is 45.7 Å². The summed E-state index contributed by atoms with van der Waals surface area (Å²) in [5, 5.41) is 12.6. The molecule has 5 rings (SSSR count). The molecule has 12 heteroatoms. The van der Waals surface area contributed by atoms with Gasteiger partial charge in [-0.3, -0.25) is 9.36 Å². The highest BCUT2D eigenvalue weighted by Gasteiger charge is 2.31. The Morgan fingerprint density at radius 1 is 1.05 bits per heavy atom. The third kappa shape index (κ3) is 6.55. The smallest absolute Gasteiger partial charge is 0.301 e. The first-order valence-corrected chi connectivity index (χ1v) is 14.2. The fourth-order valence-electron chi connectivity index (χ4n) is 3.94. The normalized spacial score (nSPS) is 11.5. The molecule has 0 unspecified atom stereocenters. The van der Waals surface area contributed by atoms with Crippen molar-refractivity contribution in [2.24, 2.45) is 0 Å². The number of nitrogens with zero attached hydrogens (tertiary/aromatic N) is 4. The zero-order chi connectivity index (χ0) is 28.3. The second-order valence-electron chi connectivity index (χ2n) is 8.80. The molecule has 0 aliphatic carbocycles. The Morgan fingerprint density at radius 2 is 1.85 bits per heavy atom. The van der Waals surface area contributed by atoms with E-state index in [-0.39, 0.29) is 23.1 Å². The molecule has 0 aliphatic rings. The van der Waals surface area contributed by atoms with Crippen LogP contribution in [0.25, 0.3) is 17.1 Å². The molecule has 0 bridgehead atoms. The van der Waals surface area contributed by atoms with Crippen molar-refractivity contribution < 1.29 is 18.0 Å². The zero-order valence-electron chi connectivity index (χ0n) is 20.9. The Labute approximate surface area is 241 Å². The highest BCUT2D eigenvalue weighted by Crippen LogP contribution is 2.34. The van der Waals surface area contributed by atoms with E-state index in [1.54, 1.807) is 0 Å². The van der Waals surface area contributed by atoms with Gasteiger partial charge in [-0.1, -0.05) is 65.8 Å². The average Bonchev–Trinajstić information content (AvgIpc) is 3.55. The minimum absolute atomic E-state index is 0.0487. The minimum Gasteiger partial charge on any atom is -0.301 e. The number of halogens is 4. The maximum atomic E-state index is 13.1. The summed E-state index contributed by atoms with van der Waals surface area (Å²) in [4.78, 5) is 17.6. The molecule has 0 aliphatic heterocycles. The van der Waals surface area contributed by atoms with Crippen LogP contribution in [0, 0.1) is 6.92 Å². The van der Waals surface area contributed by atoms with Crippen molar-refractivity contribution in [3.05, 3.63) is 106 Å². The summed E-state index contributed by atoms with van der Waals surface area (Å²) < 4.78 is 41.2. The van der Waals surface area contributed by atoms with Gasteiger partial charge >= 0.3 is 6.18 Å². The standard InChI is InChI=1S/C28H21ClF3N5OS2/c1-17-6-5-9-21(12-17)37-25(18-7-3-2-4-8-18)35-36-27(37)39-16-24(38)34-26-33-15-22(40-26)14-19-13-20(28(30,31)32)10-11-23(19)29/h2-13,15H,14,16H2,1H3,(H,33,34,38). The van der Waals surface area contributed by atoms with Crippen LogP contribution in [0.15, 0.2) is 84.1 Å². The Bertz CT molecular complexity index is 1650. The zero-order valence-corrected chi connectivity index (χ0v) is 23.3. The molecule has 3 aromatic carbocycles. The molecule has 204 valence electrons. The third-order valence-corrected chi connectivity index (χ3v) is 8.01. The lowest BCUT2D eigenvalue weighted by molar-refractivity contribution is -0.137. The fraction of sp³-hybridized carbons (Fsp3) is 0.143. The van der Waals surface area contributed by atoms with Crippen molar-refractivity contribution in [1.29, 1.82) is 0 Å². The summed E-state index contributed by atoms with van der Waals surface area (Å²) in [6, 6.07) is 20.8. The van der Waals surface area contributed by atoms with Gasteiger partial charge in [0.25, 0.3) is 0 Å². The molecule has 0 spiro atoms. The van der Waals surface area contributed by atoms with Crippen LogP contribution in [0.1, 0.15) is 21.6 Å². The highest BCUT2D eigenvalue weighted by molar-refractivity contribution is 7.99. The number of thioether (sulfide) groups is 1. The molecular weight excluding hydrogens is 579 g/mol. The first-order valence-electron chi connectivity index (χ1n) is 12.0. The predicted octanol–water partition coefficient (Wildman–Crippen LogP) is 7.69. The molecule has 40 heavy (non-hydrogen) atoms. The van der Waals surface area contributed by atoms with Crippen LogP contribution >= 0.6 is 34.7 Å². The Kier molecular flexibility index (Phi) is 8.24. The van der Waals surface area contributed by atoms with Gasteiger partial charge in [-0.05, 0) is 48.4 Å². The van der Waals surface area contributed by atoms with E-state index in [9.17, 15) is 18.0 Å². The number of carbonyl (C=O) groups is 1. The van der Waals surface area contributed by atoms with Crippen LogP contribution in [-0.2, 0) is 17.4 Å². The van der Waals surface area contributed by atoms with Crippen molar-refractivity contribution in [3.8, 4) is 17.1 Å². The molecule has 6 nitrogen and oxygen atoms in total. The topological polar surface area (TPSA) is 72.7 Å². The Morgan fingerprint density at radius 3 is 2.60 bits per heavy atom. The van der Waals surface area contributed by atoms with Gasteiger partial charge in [0.15, 0.2) is 16.1 Å². The number of rotatable bonds is 8. The number of hydrogen-bond acceptors (Lipinski definition) is 6. The van der Waals surface area contributed by atoms with E-state index in [4.69, 9.17) is 11.6 Å². The van der Waals surface area contributed by atoms with Gasteiger partial charge < -0.3 is 5.32 Å². The number of aromatic nitrogens is 4. The SMILES string of the molecule is Cc1cccc(-n2c(SCC(=O)Nc3ncc(Cc4cc(C(F)(F)F)ccc4Cl)s3)nnc2-c2ccccc2)c1. The van der Waals surface area contributed by atoms with Gasteiger partial charge in [-0.15, -0.1) is 21.5 Å². The Balaban J connectivity index is 1.28. The van der Waals surface area contributed by atoms with Gasteiger partial charge in [-0.2, -0.15) is 13.2 Å². The Hall–Kier alpha value is -3.67. The van der Waals surface area contributed by atoms with E-state index in [1.165, 1.54) is 35.4 Å². The van der Waals surface area contributed by atoms with Gasteiger partial charge in [0.2, 0.25) is 5.91 Å². The van der Waals surface area contributed by atoms with E-state index in [2.05, 4.69) is 20.5 Å². The molecule has 2 aromatic heterocycles. The van der Waals surface area contributed by atoms with Gasteiger partial charge in [0, 0.05) is 33.8 Å². The molecule has 0 fully saturated rings. The summed E-state index contributed by atoms with van der Waals surface area (Å²) in [6.45, 7) is 2.00. The number of aryl methyl sites for hydroxylation is 1. The summed E-state index contributed by atoms with van der Waals surface area (Å²) in [6.07, 6.45) is -2.79. The van der Waals surface area contributed by atoms with Gasteiger partial charge in [-0.25, -0.2) is 4.98 Å². The molecule has 0 atom stereocenters.